The van der Waals surface area contributed by atoms with Gasteiger partial charge in [0.15, 0.2) is 0 Å². The van der Waals surface area contributed by atoms with E-state index in [1.165, 1.54) is 0 Å². The van der Waals surface area contributed by atoms with Crippen molar-refractivity contribution in [1.82, 2.24) is 16.0 Å². The molecule has 0 saturated carbocycles. The van der Waals surface area contributed by atoms with Gasteiger partial charge in [0.2, 0.25) is 17.7 Å². The van der Waals surface area contributed by atoms with Crippen LogP contribution in [0, 0.1) is 5.92 Å². The second-order valence-electron chi connectivity index (χ2n) is 6.62. The molecule has 0 bridgehead atoms. The van der Waals surface area contributed by atoms with E-state index in [-0.39, 0.29) is 11.7 Å². The molecule has 0 aliphatic rings. The normalized spacial score (nSPS) is 15.0. The number of hydrogen-bond donors (Lipinski definition) is 7. The summed E-state index contributed by atoms with van der Waals surface area (Å²) in [6, 6.07) is -2.67. The average Bonchev–Trinajstić information content (AvgIpc) is 2.67. The van der Waals surface area contributed by atoms with Gasteiger partial charge in [-0.25, -0.2) is 0 Å². The molecule has 3 amide bonds. The van der Waals surface area contributed by atoms with Crippen molar-refractivity contribution < 1.29 is 24.3 Å². The summed E-state index contributed by atoms with van der Waals surface area (Å²) in [7, 11) is 0. The number of carbonyl (C=O) groups excluding carboxylic acids is 3. The highest BCUT2D eigenvalue weighted by molar-refractivity contribution is 7.80. The van der Waals surface area contributed by atoms with Crippen LogP contribution in [-0.2, 0) is 19.2 Å². The van der Waals surface area contributed by atoms with Crippen LogP contribution in [0.2, 0.25) is 0 Å². The molecule has 8 N–H and O–H groups in total. The molecule has 0 spiro atoms. The number of carboxylic acid groups (broad SMARTS) is 1. The molecular formula is C17H33N5O5S. The number of rotatable bonds is 14. The Morgan fingerprint density at radius 2 is 1.71 bits per heavy atom. The van der Waals surface area contributed by atoms with Crippen molar-refractivity contribution in [1.29, 1.82) is 0 Å². The predicted molar refractivity (Wildman–Crippen MR) is 109 cm³/mol. The minimum atomic E-state index is -1.20. The van der Waals surface area contributed by atoms with Gasteiger partial charge in [0.25, 0.3) is 0 Å². The summed E-state index contributed by atoms with van der Waals surface area (Å²) in [5.74, 6) is -3.11. The average molecular weight is 420 g/mol. The first kappa shape index (κ1) is 26.1. The Bertz CT molecular complexity index is 534. The molecule has 0 aromatic rings. The molecule has 0 aromatic heterocycles. The lowest BCUT2D eigenvalue weighted by molar-refractivity contribution is -0.138. The van der Waals surface area contributed by atoms with Crippen LogP contribution in [0.3, 0.4) is 0 Å². The van der Waals surface area contributed by atoms with Crippen LogP contribution >= 0.6 is 12.6 Å². The van der Waals surface area contributed by atoms with Gasteiger partial charge in [-0.05, 0) is 25.3 Å². The van der Waals surface area contributed by atoms with Gasteiger partial charge in [0, 0.05) is 5.75 Å². The summed E-state index contributed by atoms with van der Waals surface area (Å²) in [6.07, 6.45) is 2.52. The van der Waals surface area contributed by atoms with E-state index in [4.69, 9.17) is 16.6 Å². The number of nitrogens with two attached hydrogens (primary N) is 2. The highest BCUT2D eigenvalue weighted by Gasteiger charge is 2.30. The fraction of sp³-hybridized carbons (Fsp3) is 0.765. The molecule has 0 fully saturated rings. The van der Waals surface area contributed by atoms with Crippen LogP contribution < -0.4 is 27.4 Å². The summed E-state index contributed by atoms with van der Waals surface area (Å²) in [5, 5.41) is 16.0. The van der Waals surface area contributed by atoms with E-state index in [2.05, 4.69) is 28.6 Å². The van der Waals surface area contributed by atoms with Crippen LogP contribution in [0.5, 0.6) is 0 Å². The fourth-order valence-corrected chi connectivity index (χ4v) is 2.60. The molecule has 0 aliphatic carbocycles. The summed E-state index contributed by atoms with van der Waals surface area (Å²) in [5.41, 5.74) is 11.3. The molecule has 0 aromatic carbocycles. The summed E-state index contributed by atoms with van der Waals surface area (Å²) in [6.45, 7) is 3.61. The molecule has 4 unspecified atom stereocenters. The minimum absolute atomic E-state index is 0.0308. The van der Waals surface area contributed by atoms with Gasteiger partial charge in [-0.2, -0.15) is 12.6 Å². The first-order valence-corrected chi connectivity index (χ1v) is 9.97. The maximum Gasteiger partial charge on any atom is 0.322 e. The highest BCUT2D eigenvalue weighted by Crippen LogP contribution is 2.10. The smallest absolute Gasteiger partial charge is 0.322 e. The van der Waals surface area contributed by atoms with Crippen molar-refractivity contribution >= 4 is 36.3 Å². The lowest BCUT2D eigenvalue weighted by atomic mass is 9.97. The standard InChI is InChI=1S/C17H33N5O5S/c1-3-10(2)14(22-15(25)11(19)6-4-5-7-18)17(27)21-12(9-28)16(26)20-8-13(23)24/h10-12,14,28H,3-9,18-19H2,1-2H3,(H,20,26)(H,21,27)(H,22,25)(H,23,24). The van der Waals surface area contributed by atoms with Crippen molar-refractivity contribution in [2.75, 3.05) is 18.8 Å². The highest BCUT2D eigenvalue weighted by atomic mass is 32.1. The quantitative estimate of drug-likeness (QED) is 0.134. The number of nitrogens with one attached hydrogen (secondary N) is 3. The Kier molecular flexibility index (Phi) is 13.3. The first-order chi connectivity index (χ1) is 13.2. The summed E-state index contributed by atoms with van der Waals surface area (Å²) in [4.78, 5) is 47.6. The molecule has 0 aliphatic heterocycles. The lowest BCUT2D eigenvalue weighted by Gasteiger charge is -2.27. The Labute approximate surface area is 171 Å². The van der Waals surface area contributed by atoms with E-state index < -0.39 is 48.4 Å². The number of unbranched alkanes of at least 4 members (excludes halogenated alkanes) is 1. The lowest BCUT2D eigenvalue weighted by Crippen LogP contribution is -2.58. The molecule has 4 atom stereocenters. The van der Waals surface area contributed by atoms with Crippen molar-refractivity contribution in [3.8, 4) is 0 Å². The van der Waals surface area contributed by atoms with Crippen molar-refractivity contribution in [2.24, 2.45) is 17.4 Å². The zero-order valence-electron chi connectivity index (χ0n) is 16.4. The van der Waals surface area contributed by atoms with Crippen LogP contribution in [0.4, 0.5) is 0 Å². The van der Waals surface area contributed by atoms with Crippen LogP contribution in [0.25, 0.3) is 0 Å². The predicted octanol–water partition coefficient (Wildman–Crippen LogP) is -1.41. The van der Waals surface area contributed by atoms with Crippen LogP contribution in [0.1, 0.15) is 39.5 Å². The Hall–Kier alpha value is -1.85. The van der Waals surface area contributed by atoms with E-state index in [0.29, 0.717) is 25.8 Å². The number of carbonyl (C=O) groups is 4. The zero-order chi connectivity index (χ0) is 21.7. The van der Waals surface area contributed by atoms with Crippen molar-refractivity contribution in [3.05, 3.63) is 0 Å². The minimum Gasteiger partial charge on any atom is -0.480 e. The third kappa shape index (κ3) is 9.90. The van der Waals surface area contributed by atoms with Gasteiger partial charge in [0.1, 0.15) is 18.6 Å². The Morgan fingerprint density at radius 3 is 2.21 bits per heavy atom. The van der Waals surface area contributed by atoms with Gasteiger partial charge >= 0.3 is 5.97 Å². The topological polar surface area (TPSA) is 177 Å². The van der Waals surface area contributed by atoms with E-state index in [1.54, 1.807) is 6.92 Å². The van der Waals surface area contributed by atoms with Crippen molar-refractivity contribution in [3.63, 3.8) is 0 Å². The van der Waals surface area contributed by atoms with Gasteiger partial charge in [0.05, 0.1) is 6.04 Å². The Balaban J connectivity index is 4.98. The maximum atomic E-state index is 12.7. The van der Waals surface area contributed by atoms with Gasteiger partial charge in [-0.3, -0.25) is 19.2 Å². The van der Waals surface area contributed by atoms with Gasteiger partial charge in [-0.1, -0.05) is 26.7 Å². The second kappa shape index (κ2) is 14.2. The third-order valence-electron chi connectivity index (χ3n) is 4.33. The molecule has 0 rings (SSSR count). The molecule has 0 saturated heterocycles. The number of aliphatic carboxylic acids is 1. The molecule has 10 nitrogen and oxygen atoms in total. The number of amides is 3. The molecule has 11 heteroatoms. The van der Waals surface area contributed by atoms with E-state index >= 15 is 0 Å². The number of hydrogen-bond acceptors (Lipinski definition) is 7. The first-order valence-electron chi connectivity index (χ1n) is 9.34. The monoisotopic (exact) mass is 419 g/mol. The molecule has 28 heavy (non-hydrogen) atoms. The largest absolute Gasteiger partial charge is 0.480 e. The molecular weight excluding hydrogens is 386 g/mol. The number of carboxylic acids is 1. The van der Waals surface area contributed by atoms with Crippen LogP contribution in [0.15, 0.2) is 0 Å². The van der Waals surface area contributed by atoms with E-state index in [0.717, 1.165) is 6.42 Å². The third-order valence-corrected chi connectivity index (χ3v) is 4.69. The SMILES string of the molecule is CCC(C)C(NC(=O)C(N)CCCCN)C(=O)NC(CS)C(=O)NCC(=O)O. The van der Waals surface area contributed by atoms with E-state index in [1.807, 2.05) is 6.92 Å². The Morgan fingerprint density at radius 1 is 1.07 bits per heavy atom. The second-order valence-corrected chi connectivity index (χ2v) is 6.98. The zero-order valence-corrected chi connectivity index (χ0v) is 17.3. The van der Waals surface area contributed by atoms with Gasteiger partial charge in [-0.15, -0.1) is 0 Å². The summed E-state index contributed by atoms with van der Waals surface area (Å²) >= 11 is 4.03. The molecule has 0 heterocycles. The van der Waals surface area contributed by atoms with E-state index in [9.17, 15) is 19.2 Å². The number of thiol groups is 1. The molecule has 0 radical (unpaired) electrons. The van der Waals surface area contributed by atoms with Crippen LogP contribution in [-0.4, -0.2) is 65.8 Å². The fourth-order valence-electron chi connectivity index (χ4n) is 2.34. The van der Waals surface area contributed by atoms with Crippen molar-refractivity contribution in [2.45, 2.75) is 57.7 Å². The summed E-state index contributed by atoms with van der Waals surface area (Å²) < 4.78 is 0. The maximum absolute atomic E-state index is 12.7. The molecule has 162 valence electrons. The van der Waals surface area contributed by atoms with Gasteiger partial charge < -0.3 is 32.5 Å².